The first-order valence-electron chi connectivity index (χ1n) is 7.40. The number of amides is 1. The number of hydrogen-bond acceptors (Lipinski definition) is 3. The maximum Gasteiger partial charge on any atom is 0.224 e. The van der Waals surface area contributed by atoms with Gasteiger partial charge in [0.1, 0.15) is 18.2 Å². The number of likely N-dealkylation sites (N-methyl/N-ethyl adjacent to an activating group) is 1. The van der Waals surface area contributed by atoms with Gasteiger partial charge in [-0.1, -0.05) is 12.8 Å². The number of hydrogen-bond donors (Lipinski definition) is 1. The van der Waals surface area contributed by atoms with Crippen LogP contribution < -0.4 is 10.5 Å². The van der Waals surface area contributed by atoms with Gasteiger partial charge in [0.25, 0.3) is 0 Å². The normalized spacial score (nSPS) is 16.7. The van der Waals surface area contributed by atoms with Crippen molar-refractivity contribution in [1.82, 2.24) is 4.90 Å². The van der Waals surface area contributed by atoms with Gasteiger partial charge in [-0.2, -0.15) is 0 Å². The van der Waals surface area contributed by atoms with E-state index in [0.717, 1.165) is 25.7 Å². The molecule has 1 aromatic rings. The third-order valence-electron chi connectivity index (χ3n) is 4.04. The van der Waals surface area contributed by atoms with Crippen LogP contribution in [0.4, 0.5) is 4.39 Å². The van der Waals surface area contributed by atoms with Crippen LogP contribution in [-0.4, -0.2) is 36.5 Å². The predicted molar refractivity (Wildman–Crippen MR) is 79.5 cm³/mol. The summed E-state index contributed by atoms with van der Waals surface area (Å²) in [7, 11) is 1.76. The largest absolute Gasteiger partial charge is 0.492 e. The molecule has 0 unspecified atom stereocenters. The molecule has 1 saturated carbocycles. The van der Waals surface area contributed by atoms with Gasteiger partial charge in [0.2, 0.25) is 5.91 Å². The van der Waals surface area contributed by atoms with E-state index >= 15 is 0 Å². The van der Waals surface area contributed by atoms with Crippen molar-refractivity contribution in [2.45, 2.75) is 37.6 Å². The van der Waals surface area contributed by atoms with Crippen molar-refractivity contribution in [3.63, 3.8) is 0 Å². The van der Waals surface area contributed by atoms with Crippen molar-refractivity contribution >= 4 is 5.91 Å². The topological polar surface area (TPSA) is 55.6 Å². The van der Waals surface area contributed by atoms with E-state index in [9.17, 15) is 9.18 Å². The molecule has 5 heteroatoms. The highest BCUT2D eigenvalue weighted by atomic mass is 19.1. The third kappa shape index (κ3) is 4.70. The molecule has 0 saturated heterocycles. The fourth-order valence-corrected chi connectivity index (χ4v) is 2.65. The Morgan fingerprint density at radius 2 is 1.95 bits per heavy atom. The standard InChI is InChI=1S/C16H23FN2O2/c1-19(15(20)12-16(18)8-2-3-9-16)10-11-21-14-6-4-13(17)5-7-14/h4-7H,2-3,8-12,18H2,1H3. The molecule has 0 heterocycles. The number of ether oxygens (including phenoxy) is 1. The lowest BCUT2D eigenvalue weighted by Crippen LogP contribution is -2.43. The molecular weight excluding hydrogens is 271 g/mol. The molecule has 1 aromatic carbocycles. The molecule has 116 valence electrons. The Bertz CT molecular complexity index is 470. The van der Waals surface area contributed by atoms with Crippen LogP contribution in [0.1, 0.15) is 32.1 Å². The van der Waals surface area contributed by atoms with Gasteiger partial charge in [-0.05, 0) is 37.1 Å². The zero-order valence-corrected chi connectivity index (χ0v) is 12.5. The average molecular weight is 294 g/mol. The van der Waals surface area contributed by atoms with Gasteiger partial charge in [-0.25, -0.2) is 4.39 Å². The molecule has 0 bridgehead atoms. The SMILES string of the molecule is CN(CCOc1ccc(F)cc1)C(=O)CC1(N)CCCC1. The molecule has 2 rings (SSSR count). The van der Waals surface area contributed by atoms with Crippen LogP contribution in [0, 0.1) is 5.82 Å². The van der Waals surface area contributed by atoms with E-state index in [0.29, 0.717) is 25.3 Å². The number of nitrogens with two attached hydrogens (primary N) is 1. The molecule has 21 heavy (non-hydrogen) atoms. The van der Waals surface area contributed by atoms with Crippen LogP contribution in [0.3, 0.4) is 0 Å². The average Bonchev–Trinajstić information content (AvgIpc) is 2.87. The van der Waals surface area contributed by atoms with E-state index in [4.69, 9.17) is 10.5 Å². The zero-order valence-electron chi connectivity index (χ0n) is 12.5. The van der Waals surface area contributed by atoms with Crippen molar-refractivity contribution < 1.29 is 13.9 Å². The molecule has 2 N–H and O–H groups in total. The first kappa shape index (κ1) is 15.8. The number of rotatable bonds is 6. The zero-order chi connectivity index (χ0) is 15.3. The predicted octanol–water partition coefficient (Wildman–Crippen LogP) is 2.32. The smallest absolute Gasteiger partial charge is 0.224 e. The molecule has 0 aliphatic heterocycles. The summed E-state index contributed by atoms with van der Waals surface area (Å²) in [6, 6.07) is 5.85. The highest BCUT2D eigenvalue weighted by Gasteiger charge is 2.32. The minimum absolute atomic E-state index is 0.0575. The van der Waals surface area contributed by atoms with Gasteiger partial charge in [0.05, 0.1) is 6.54 Å². The lowest BCUT2D eigenvalue weighted by molar-refractivity contribution is -0.131. The Morgan fingerprint density at radius 3 is 2.57 bits per heavy atom. The summed E-state index contributed by atoms with van der Waals surface area (Å²) in [6.45, 7) is 0.873. The number of nitrogens with zero attached hydrogens (tertiary/aromatic N) is 1. The van der Waals surface area contributed by atoms with E-state index in [1.54, 1.807) is 24.1 Å². The maximum absolute atomic E-state index is 12.8. The summed E-state index contributed by atoms with van der Waals surface area (Å²) in [5, 5.41) is 0. The van der Waals surface area contributed by atoms with Crippen molar-refractivity contribution in [3.8, 4) is 5.75 Å². The minimum atomic E-state index is -0.316. The van der Waals surface area contributed by atoms with Gasteiger partial charge < -0.3 is 15.4 Å². The fourth-order valence-electron chi connectivity index (χ4n) is 2.65. The number of carbonyl (C=O) groups is 1. The summed E-state index contributed by atoms with van der Waals surface area (Å²) in [6.07, 6.45) is 4.49. The van der Waals surface area contributed by atoms with E-state index in [2.05, 4.69) is 0 Å². The summed E-state index contributed by atoms with van der Waals surface area (Å²) >= 11 is 0. The third-order valence-corrected chi connectivity index (χ3v) is 4.04. The van der Waals surface area contributed by atoms with Crippen LogP contribution in [0.5, 0.6) is 5.75 Å². The Kier molecular flexibility index (Phi) is 5.17. The summed E-state index contributed by atoms with van der Waals surface area (Å²) in [4.78, 5) is 13.8. The van der Waals surface area contributed by atoms with Crippen LogP contribution in [0.25, 0.3) is 0 Å². The second-order valence-electron chi connectivity index (χ2n) is 5.86. The van der Waals surface area contributed by atoms with E-state index in [-0.39, 0.29) is 17.3 Å². The maximum atomic E-state index is 12.8. The van der Waals surface area contributed by atoms with Crippen molar-refractivity contribution in [3.05, 3.63) is 30.1 Å². The van der Waals surface area contributed by atoms with Crippen LogP contribution in [0.2, 0.25) is 0 Å². The molecule has 1 aliphatic rings. The van der Waals surface area contributed by atoms with E-state index in [1.807, 2.05) is 0 Å². The lowest BCUT2D eigenvalue weighted by atomic mass is 9.94. The monoisotopic (exact) mass is 294 g/mol. The van der Waals surface area contributed by atoms with Gasteiger partial charge in [0.15, 0.2) is 0 Å². The summed E-state index contributed by atoms with van der Waals surface area (Å²) < 4.78 is 18.2. The summed E-state index contributed by atoms with van der Waals surface area (Å²) in [5.41, 5.74) is 5.90. The lowest BCUT2D eigenvalue weighted by Gasteiger charge is -2.26. The van der Waals surface area contributed by atoms with Gasteiger partial charge in [0, 0.05) is 19.0 Å². The quantitative estimate of drug-likeness (QED) is 0.876. The summed E-state index contributed by atoms with van der Waals surface area (Å²) in [5.74, 6) is 0.366. The van der Waals surface area contributed by atoms with Crippen LogP contribution in [-0.2, 0) is 4.79 Å². The Hall–Kier alpha value is -1.62. The first-order valence-corrected chi connectivity index (χ1v) is 7.40. The second kappa shape index (κ2) is 6.89. The van der Waals surface area contributed by atoms with E-state index < -0.39 is 0 Å². The molecular formula is C16H23FN2O2. The van der Waals surface area contributed by atoms with Crippen molar-refractivity contribution in [2.75, 3.05) is 20.2 Å². The molecule has 1 amide bonds. The molecule has 1 aliphatic carbocycles. The molecule has 4 nitrogen and oxygen atoms in total. The first-order chi connectivity index (χ1) is 9.98. The molecule has 0 radical (unpaired) electrons. The molecule has 0 atom stereocenters. The number of halogens is 1. The van der Waals surface area contributed by atoms with Gasteiger partial charge >= 0.3 is 0 Å². The highest BCUT2D eigenvalue weighted by Crippen LogP contribution is 2.30. The highest BCUT2D eigenvalue weighted by molar-refractivity contribution is 5.77. The fraction of sp³-hybridized carbons (Fsp3) is 0.562. The molecule has 0 aromatic heterocycles. The van der Waals surface area contributed by atoms with Crippen LogP contribution in [0.15, 0.2) is 24.3 Å². The Morgan fingerprint density at radius 1 is 1.33 bits per heavy atom. The number of benzene rings is 1. The van der Waals surface area contributed by atoms with Crippen molar-refractivity contribution in [1.29, 1.82) is 0 Å². The Balaban J connectivity index is 1.72. The van der Waals surface area contributed by atoms with E-state index in [1.165, 1.54) is 12.1 Å². The minimum Gasteiger partial charge on any atom is -0.492 e. The second-order valence-corrected chi connectivity index (χ2v) is 5.86. The van der Waals surface area contributed by atoms with Gasteiger partial charge in [-0.3, -0.25) is 4.79 Å². The van der Waals surface area contributed by atoms with Crippen molar-refractivity contribution in [2.24, 2.45) is 5.73 Å². The van der Waals surface area contributed by atoms with Gasteiger partial charge in [-0.15, -0.1) is 0 Å². The Labute approximate surface area is 125 Å². The van der Waals surface area contributed by atoms with Crippen LogP contribution >= 0.6 is 0 Å². The molecule has 0 spiro atoms. The molecule has 1 fully saturated rings. The number of carbonyl (C=O) groups excluding carboxylic acids is 1.